The molecule has 0 aromatic rings. The monoisotopic (exact) mass is 232 g/mol. The molecule has 0 unspecified atom stereocenters. The third-order valence-corrected chi connectivity index (χ3v) is 2.12. The first-order valence-electron chi connectivity index (χ1n) is 5.67. The van der Waals surface area contributed by atoms with Crippen molar-refractivity contribution < 1.29 is 14.3 Å². The van der Waals surface area contributed by atoms with Crippen molar-refractivity contribution in [3.63, 3.8) is 0 Å². The molecule has 96 valence electrons. The van der Waals surface area contributed by atoms with Gasteiger partial charge in [-0.3, -0.25) is 0 Å². The van der Waals surface area contributed by atoms with Gasteiger partial charge in [-0.15, -0.1) is 0 Å². The summed E-state index contributed by atoms with van der Waals surface area (Å²) in [7, 11) is 5.66. The number of carbonyl (C=O) groups is 1. The van der Waals surface area contributed by atoms with Crippen molar-refractivity contribution in [3.8, 4) is 0 Å². The van der Waals surface area contributed by atoms with Crippen LogP contribution >= 0.6 is 0 Å². The first-order chi connectivity index (χ1) is 7.61. The molecule has 0 saturated carbocycles. The smallest absolute Gasteiger partial charge is 0.409 e. The lowest BCUT2D eigenvalue weighted by atomic mass is 10.3. The molecule has 0 aromatic heterocycles. The average molecular weight is 232 g/mol. The number of carbonyl (C=O) groups excluding carboxylic acids is 1. The summed E-state index contributed by atoms with van der Waals surface area (Å²) in [6.07, 6.45) is 0.688. The Hall–Kier alpha value is -0.810. The number of hydrogen-bond donors (Lipinski definition) is 0. The van der Waals surface area contributed by atoms with Crippen molar-refractivity contribution >= 4 is 6.09 Å². The van der Waals surface area contributed by atoms with Crippen LogP contribution in [-0.4, -0.2) is 69.9 Å². The maximum atomic E-state index is 11.6. The van der Waals surface area contributed by atoms with E-state index < -0.39 is 0 Å². The highest BCUT2D eigenvalue weighted by molar-refractivity contribution is 5.67. The van der Waals surface area contributed by atoms with Crippen LogP contribution in [0.1, 0.15) is 13.3 Å². The van der Waals surface area contributed by atoms with E-state index in [1.807, 2.05) is 21.0 Å². The van der Waals surface area contributed by atoms with Crippen molar-refractivity contribution in [2.24, 2.45) is 0 Å². The van der Waals surface area contributed by atoms with Crippen LogP contribution in [0.4, 0.5) is 4.79 Å². The lowest BCUT2D eigenvalue weighted by molar-refractivity contribution is 0.0897. The summed E-state index contributed by atoms with van der Waals surface area (Å²) in [6.45, 7) is 5.02. The number of rotatable bonds is 8. The molecule has 0 bridgehead atoms. The molecule has 0 heterocycles. The fourth-order valence-electron chi connectivity index (χ4n) is 1.29. The summed E-state index contributed by atoms with van der Waals surface area (Å²) in [6, 6.07) is 0. The van der Waals surface area contributed by atoms with E-state index in [4.69, 9.17) is 9.47 Å². The number of amides is 1. The molecule has 5 nitrogen and oxygen atoms in total. The van der Waals surface area contributed by atoms with Gasteiger partial charge in [0.1, 0.15) is 0 Å². The van der Waals surface area contributed by atoms with E-state index in [1.54, 1.807) is 12.0 Å². The predicted molar refractivity (Wildman–Crippen MR) is 63.6 cm³/mol. The van der Waals surface area contributed by atoms with Gasteiger partial charge in [0, 0.05) is 20.2 Å². The molecule has 5 heteroatoms. The minimum absolute atomic E-state index is 0.252. The van der Waals surface area contributed by atoms with E-state index in [0.717, 1.165) is 13.0 Å². The highest BCUT2D eigenvalue weighted by Crippen LogP contribution is 1.97. The topological polar surface area (TPSA) is 42.0 Å². The first kappa shape index (κ1) is 15.2. The van der Waals surface area contributed by atoms with Gasteiger partial charge in [-0.05, 0) is 34.0 Å². The second-order valence-electron chi connectivity index (χ2n) is 3.84. The largest absolute Gasteiger partial charge is 0.450 e. The van der Waals surface area contributed by atoms with Gasteiger partial charge < -0.3 is 19.3 Å². The van der Waals surface area contributed by atoms with Crippen molar-refractivity contribution in [2.45, 2.75) is 13.3 Å². The zero-order valence-corrected chi connectivity index (χ0v) is 10.9. The van der Waals surface area contributed by atoms with Crippen LogP contribution in [0.5, 0.6) is 0 Å². The molecule has 0 aliphatic carbocycles. The van der Waals surface area contributed by atoms with Crippen LogP contribution in [0, 0.1) is 0 Å². The Morgan fingerprint density at radius 2 is 1.88 bits per heavy atom. The molecule has 0 aliphatic rings. The lowest BCUT2D eigenvalue weighted by Crippen LogP contribution is -2.36. The standard InChI is InChI=1S/C11H24N2O3/c1-5-16-11(14)13(9-10-15-4)8-6-7-12(2)3/h5-10H2,1-4H3. The second kappa shape index (κ2) is 9.42. The van der Waals surface area contributed by atoms with Crippen LogP contribution in [0.2, 0.25) is 0 Å². The van der Waals surface area contributed by atoms with Crippen LogP contribution in [0.3, 0.4) is 0 Å². The van der Waals surface area contributed by atoms with Crippen molar-refractivity contribution in [3.05, 3.63) is 0 Å². The van der Waals surface area contributed by atoms with Crippen LogP contribution < -0.4 is 0 Å². The van der Waals surface area contributed by atoms with Gasteiger partial charge in [-0.25, -0.2) is 4.79 Å². The molecule has 0 saturated heterocycles. The molecule has 16 heavy (non-hydrogen) atoms. The minimum Gasteiger partial charge on any atom is -0.450 e. The van der Waals surface area contributed by atoms with E-state index in [-0.39, 0.29) is 6.09 Å². The first-order valence-corrected chi connectivity index (χ1v) is 5.67. The SMILES string of the molecule is CCOC(=O)N(CCCN(C)C)CCOC. The molecular formula is C11H24N2O3. The average Bonchev–Trinajstić information content (AvgIpc) is 2.22. The maximum Gasteiger partial charge on any atom is 0.409 e. The molecular weight excluding hydrogens is 208 g/mol. The zero-order valence-electron chi connectivity index (χ0n) is 10.9. The molecule has 1 amide bonds. The Balaban J connectivity index is 3.94. The fourth-order valence-corrected chi connectivity index (χ4v) is 1.29. The van der Waals surface area contributed by atoms with Crippen molar-refractivity contribution in [1.29, 1.82) is 0 Å². The Morgan fingerprint density at radius 3 is 2.38 bits per heavy atom. The summed E-state index contributed by atoms with van der Waals surface area (Å²) >= 11 is 0. The Labute approximate surface area is 98.3 Å². The molecule has 0 rings (SSSR count). The molecule has 0 spiro atoms. The Kier molecular flexibility index (Phi) is 8.94. The summed E-state index contributed by atoms with van der Waals surface area (Å²) in [5.74, 6) is 0. The van der Waals surface area contributed by atoms with Gasteiger partial charge in [0.05, 0.1) is 13.2 Å². The third kappa shape index (κ3) is 7.48. The van der Waals surface area contributed by atoms with E-state index in [1.165, 1.54) is 0 Å². The lowest BCUT2D eigenvalue weighted by Gasteiger charge is -2.22. The molecule has 0 aromatic carbocycles. The van der Waals surface area contributed by atoms with Crippen LogP contribution in [0.25, 0.3) is 0 Å². The molecule has 0 N–H and O–H groups in total. The van der Waals surface area contributed by atoms with Gasteiger partial charge in [-0.2, -0.15) is 0 Å². The van der Waals surface area contributed by atoms with E-state index in [9.17, 15) is 4.79 Å². The quantitative estimate of drug-likeness (QED) is 0.627. The Morgan fingerprint density at radius 1 is 1.19 bits per heavy atom. The van der Waals surface area contributed by atoms with Gasteiger partial charge in [0.2, 0.25) is 0 Å². The molecule has 0 aliphatic heterocycles. The van der Waals surface area contributed by atoms with Crippen molar-refractivity contribution in [1.82, 2.24) is 9.80 Å². The molecule has 0 fully saturated rings. The third-order valence-electron chi connectivity index (χ3n) is 2.12. The number of ether oxygens (including phenoxy) is 2. The van der Waals surface area contributed by atoms with Crippen LogP contribution in [-0.2, 0) is 9.47 Å². The fraction of sp³-hybridized carbons (Fsp3) is 0.909. The maximum absolute atomic E-state index is 11.6. The van der Waals surface area contributed by atoms with Gasteiger partial charge in [0.25, 0.3) is 0 Å². The summed E-state index contributed by atoms with van der Waals surface area (Å²) in [5.41, 5.74) is 0. The van der Waals surface area contributed by atoms with Crippen LogP contribution in [0.15, 0.2) is 0 Å². The van der Waals surface area contributed by atoms with E-state index in [2.05, 4.69) is 4.90 Å². The number of hydrogen-bond acceptors (Lipinski definition) is 4. The molecule has 0 atom stereocenters. The van der Waals surface area contributed by atoms with E-state index >= 15 is 0 Å². The normalized spacial score (nSPS) is 10.6. The number of methoxy groups -OCH3 is 1. The van der Waals surface area contributed by atoms with Gasteiger partial charge in [-0.1, -0.05) is 0 Å². The van der Waals surface area contributed by atoms with Gasteiger partial charge in [0.15, 0.2) is 0 Å². The minimum atomic E-state index is -0.252. The highest BCUT2D eigenvalue weighted by atomic mass is 16.6. The highest BCUT2D eigenvalue weighted by Gasteiger charge is 2.13. The number of nitrogens with zero attached hydrogens (tertiary/aromatic N) is 2. The predicted octanol–water partition coefficient (Wildman–Crippen LogP) is 1.04. The van der Waals surface area contributed by atoms with Crippen molar-refractivity contribution in [2.75, 3.05) is 54.1 Å². The second-order valence-corrected chi connectivity index (χ2v) is 3.84. The molecule has 0 radical (unpaired) electrons. The summed E-state index contributed by atoms with van der Waals surface area (Å²) in [4.78, 5) is 15.3. The Bertz CT molecular complexity index is 186. The van der Waals surface area contributed by atoms with E-state index in [0.29, 0.717) is 26.3 Å². The zero-order chi connectivity index (χ0) is 12.4. The summed E-state index contributed by atoms with van der Waals surface area (Å²) < 4.78 is 9.94. The summed E-state index contributed by atoms with van der Waals surface area (Å²) in [5, 5.41) is 0. The van der Waals surface area contributed by atoms with Gasteiger partial charge >= 0.3 is 6.09 Å².